The Morgan fingerprint density at radius 3 is 2.68 bits per heavy atom. The Morgan fingerprint density at radius 1 is 1.27 bits per heavy atom. The summed E-state index contributed by atoms with van der Waals surface area (Å²) < 4.78 is 11.0. The summed E-state index contributed by atoms with van der Waals surface area (Å²) >= 11 is 5.50. The van der Waals surface area contributed by atoms with Gasteiger partial charge in [-0.1, -0.05) is 0 Å². The van der Waals surface area contributed by atoms with E-state index in [4.69, 9.17) is 21.1 Å². The smallest absolute Gasteiger partial charge is 0.319 e. The van der Waals surface area contributed by atoms with E-state index in [9.17, 15) is 4.79 Å². The van der Waals surface area contributed by atoms with Crippen molar-refractivity contribution < 1.29 is 14.3 Å². The van der Waals surface area contributed by atoms with Gasteiger partial charge in [0.05, 0.1) is 13.2 Å². The van der Waals surface area contributed by atoms with Gasteiger partial charge in [-0.15, -0.1) is 11.6 Å². The number of hydrogen-bond donors (Lipinski definition) is 2. The second kappa shape index (κ2) is 9.50. The fraction of sp³-hybridized carbons (Fsp3) is 0.533. The molecule has 1 fully saturated rings. The summed E-state index contributed by atoms with van der Waals surface area (Å²) in [6.07, 6.45) is 0. The largest absolute Gasteiger partial charge is 0.492 e. The molecule has 7 heteroatoms. The zero-order valence-electron chi connectivity index (χ0n) is 12.5. The molecule has 1 aromatic rings. The van der Waals surface area contributed by atoms with Crippen molar-refractivity contribution in [1.82, 2.24) is 10.2 Å². The lowest BCUT2D eigenvalue weighted by Crippen LogP contribution is -2.38. The number of alkyl halides is 1. The van der Waals surface area contributed by atoms with Crippen molar-refractivity contribution in [2.24, 2.45) is 0 Å². The van der Waals surface area contributed by atoms with Gasteiger partial charge in [0.2, 0.25) is 0 Å². The summed E-state index contributed by atoms with van der Waals surface area (Å²) in [6.45, 7) is 5.49. The van der Waals surface area contributed by atoms with Crippen molar-refractivity contribution in [2.75, 3.05) is 57.2 Å². The molecule has 0 aliphatic carbocycles. The van der Waals surface area contributed by atoms with Gasteiger partial charge in [-0.05, 0) is 24.3 Å². The number of nitrogens with one attached hydrogen (secondary N) is 2. The molecule has 1 aliphatic heterocycles. The van der Waals surface area contributed by atoms with E-state index in [1.165, 1.54) is 0 Å². The van der Waals surface area contributed by atoms with Crippen LogP contribution in [0.4, 0.5) is 10.5 Å². The van der Waals surface area contributed by atoms with Crippen LogP contribution < -0.4 is 15.4 Å². The number of nitrogens with zero attached hydrogens (tertiary/aromatic N) is 1. The molecule has 2 N–H and O–H groups in total. The zero-order chi connectivity index (χ0) is 15.6. The maximum Gasteiger partial charge on any atom is 0.319 e. The third-order valence-electron chi connectivity index (χ3n) is 3.27. The first-order chi connectivity index (χ1) is 10.8. The minimum atomic E-state index is -0.262. The lowest BCUT2D eigenvalue weighted by atomic mass is 10.3. The number of rotatable bonds is 7. The number of anilines is 1. The molecule has 2 rings (SSSR count). The van der Waals surface area contributed by atoms with Crippen LogP contribution in [0.2, 0.25) is 0 Å². The van der Waals surface area contributed by atoms with Gasteiger partial charge < -0.3 is 20.1 Å². The number of amides is 2. The molecular weight excluding hydrogens is 306 g/mol. The van der Waals surface area contributed by atoms with Crippen LogP contribution in [0.5, 0.6) is 5.75 Å². The van der Waals surface area contributed by atoms with Crippen molar-refractivity contribution in [2.45, 2.75) is 0 Å². The fourth-order valence-electron chi connectivity index (χ4n) is 2.09. The molecular formula is C15H22ClN3O3. The van der Waals surface area contributed by atoms with E-state index in [0.717, 1.165) is 38.6 Å². The molecule has 1 saturated heterocycles. The Hall–Kier alpha value is -1.50. The van der Waals surface area contributed by atoms with Crippen molar-refractivity contribution >= 4 is 23.3 Å². The number of ether oxygens (including phenoxy) is 2. The maximum atomic E-state index is 11.5. The summed E-state index contributed by atoms with van der Waals surface area (Å²) in [4.78, 5) is 13.8. The topological polar surface area (TPSA) is 62.8 Å². The van der Waals surface area contributed by atoms with Gasteiger partial charge in [-0.3, -0.25) is 4.90 Å². The predicted octanol–water partition coefficient (Wildman–Crippen LogP) is 1.76. The van der Waals surface area contributed by atoms with E-state index in [0.29, 0.717) is 24.7 Å². The SMILES string of the molecule is O=C(NCCCl)Nc1ccc(OCCN2CCOCC2)cc1. The second-order valence-electron chi connectivity index (χ2n) is 4.90. The van der Waals surface area contributed by atoms with Crippen molar-refractivity contribution in [3.63, 3.8) is 0 Å². The van der Waals surface area contributed by atoms with Crippen LogP contribution in [0, 0.1) is 0 Å². The fourth-order valence-corrected chi connectivity index (χ4v) is 2.18. The monoisotopic (exact) mass is 327 g/mol. The molecule has 22 heavy (non-hydrogen) atoms. The van der Waals surface area contributed by atoms with Crippen LogP contribution in [0.1, 0.15) is 0 Å². The molecule has 0 saturated carbocycles. The number of halogens is 1. The Labute approximate surface area is 135 Å². The van der Waals surface area contributed by atoms with Crippen molar-refractivity contribution in [3.05, 3.63) is 24.3 Å². The highest BCUT2D eigenvalue weighted by molar-refractivity contribution is 6.18. The van der Waals surface area contributed by atoms with Gasteiger partial charge in [-0.2, -0.15) is 0 Å². The third kappa shape index (κ3) is 6.09. The first-order valence-corrected chi connectivity index (χ1v) is 7.95. The highest BCUT2D eigenvalue weighted by Gasteiger charge is 2.09. The van der Waals surface area contributed by atoms with E-state index in [2.05, 4.69) is 15.5 Å². The molecule has 0 radical (unpaired) electrons. The summed E-state index contributed by atoms with van der Waals surface area (Å²) in [5, 5.41) is 5.36. The first-order valence-electron chi connectivity index (χ1n) is 7.42. The molecule has 6 nitrogen and oxygen atoms in total. The third-order valence-corrected chi connectivity index (χ3v) is 3.46. The van der Waals surface area contributed by atoms with E-state index in [1.807, 2.05) is 24.3 Å². The molecule has 1 aromatic carbocycles. The standard InChI is InChI=1S/C15H22ClN3O3/c16-5-6-17-15(20)18-13-1-3-14(4-2-13)22-12-9-19-7-10-21-11-8-19/h1-4H,5-12H2,(H2,17,18,20). The minimum absolute atomic E-state index is 0.262. The van der Waals surface area contributed by atoms with Gasteiger partial charge in [0.15, 0.2) is 0 Å². The summed E-state index contributed by atoms with van der Waals surface area (Å²) in [5.74, 6) is 1.18. The molecule has 0 aromatic heterocycles. The lowest BCUT2D eigenvalue weighted by molar-refractivity contribution is 0.0322. The molecule has 0 unspecified atom stereocenters. The molecule has 0 atom stereocenters. The van der Waals surface area contributed by atoms with Gasteiger partial charge in [-0.25, -0.2) is 4.79 Å². The summed E-state index contributed by atoms with van der Waals surface area (Å²) in [6, 6.07) is 7.04. The summed E-state index contributed by atoms with van der Waals surface area (Å²) in [5.41, 5.74) is 0.715. The number of carbonyl (C=O) groups is 1. The van der Waals surface area contributed by atoms with Crippen molar-refractivity contribution in [1.29, 1.82) is 0 Å². The Kier molecular flexibility index (Phi) is 7.28. The van der Waals surface area contributed by atoms with Crippen molar-refractivity contribution in [3.8, 4) is 5.75 Å². The molecule has 1 heterocycles. The van der Waals surface area contributed by atoms with Crippen LogP contribution in [-0.4, -0.2) is 62.8 Å². The normalized spacial score (nSPS) is 15.3. The van der Waals surface area contributed by atoms with E-state index >= 15 is 0 Å². The van der Waals surface area contributed by atoms with Gasteiger partial charge in [0.25, 0.3) is 0 Å². The number of benzene rings is 1. The van der Waals surface area contributed by atoms with Crippen LogP contribution in [0.25, 0.3) is 0 Å². The molecule has 0 spiro atoms. The molecule has 0 bridgehead atoms. The van der Waals surface area contributed by atoms with Crippen LogP contribution >= 0.6 is 11.6 Å². The quantitative estimate of drug-likeness (QED) is 0.749. The van der Waals surface area contributed by atoms with E-state index in [1.54, 1.807) is 0 Å². The van der Waals surface area contributed by atoms with Crippen LogP contribution in [0.15, 0.2) is 24.3 Å². The predicted molar refractivity (Wildman–Crippen MR) is 86.9 cm³/mol. The minimum Gasteiger partial charge on any atom is -0.492 e. The first kappa shape index (κ1) is 16.9. The van der Waals surface area contributed by atoms with Gasteiger partial charge >= 0.3 is 6.03 Å². The Balaban J connectivity index is 1.68. The molecule has 1 aliphatic rings. The summed E-state index contributed by atoms with van der Waals surface area (Å²) in [7, 11) is 0. The molecule has 122 valence electrons. The van der Waals surface area contributed by atoms with E-state index in [-0.39, 0.29) is 6.03 Å². The number of carbonyl (C=O) groups excluding carboxylic acids is 1. The highest BCUT2D eigenvalue weighted by Crippen LogP contribution is 2.15. The van der Waals surface area contributed by atoms with Gasteiger partial charge in [0.1, 0.15) is 12.4 Å². The zero-order valence-corrected chi connectivity index (χ0v) is 13.3. The average Bonchev–Trinajstić information content (AvgIpc) is 2.55. The average molecular weight is 328 g/mol. The molecule has 2 amide bonds. The Bertz CT molecular complexity index is 450. The Morgan fingerprint density at radius 2 is 2.00 bits per heavy atom. The highest BCUT2D eigenvalue weighted by atomic mass is 35.5. The lowest BCUT2D eigenvalue weighted by Gasteiger charge is -2.26. The maximum absolute atomic E-state index is 11.5. The van der Waals surface area contributed by atoms with Gasteiger partial charge in [0, 0.05) is 37.7 Å². The second-order valence-corrected chi connectivity index (χ2v) is 5.27. The number of morpholine rings is 1. The van der Waals surface area contributed by atoms with Crippen LogP contribution in [-0.2, 0) is 4.74 Å². The van der Waals surface area contributed by atoms with E-state index < -0.39 is 0 Å². The number of urea groups is 1. The van der Waals surface area contributed by atoms with Crippen LogP contribution in [0.3, 0.4) is 0 Å². The number of hydrogen-bond acceptors (Lipinski definition) is 4.